The maximum Gasteiger partial charge on any atom is 0.204 e. The molecule has 12 heavy (non-hydrogen) atoms. The summed E-state index contributed by atoms with van der Waals surface area (Å²) in [5.74, 6) is 0. The Hall–Kier alpha value is -0.610. The van der Waals surface area contributed by atoms with Gasteiger partial charge in [-0.25, -0.2) is 0 Å². The van der Waals surface area contributed by atoms with Crippen molar-refractivity contribution in [3.05, 3.63) is 0 Å². The highest BCUT2D eigenvalue weighted by Gasteiger charge is 1.80. The first-order valence-electron chi connectivity index (χ1n) is 4.04. The topological polar surface area (TPSA) is 83.6 Å². The van der Waals surface area contributed by atoms with E-state index >= 15 is 0 Å². The van der Waals surface area contributed by atoms with Gasteiger partial charge in [0.05, 0.1) is 0 Å². The summed E-state index contributed by atoms with van der Waals surface area (Å²) in [6.07, 6.45) is 4.93. The Morgan fingerprint density at radius 2 is 1.67 bits per heavy atom. The monoisotopic (exact) mass is 179 g/mol. The van der Waals surface area contributed by atoms with Crippen molar-refractivity contribution in [2.45, 2.75) is 32.6 Å². The van der Waals surface area contributed by atoms with E-state index in [1.54, 1.807) is 0 Å². The predicted octanol–water partition coefficient (Wildman–Crippen LogP) is 0.269. The van der Waals surface area contributed by atoms with Crippen LogP contribution in [0.25, 0.3) is 0 Å². The molecule has 0 unspecified atom stereocenters. The zero-order valence-corrected chi connectivity index (χ0v) is 7.99. The number of aliphatic hydroxyl groups is 2. The molecule has 0 aliphatic heterocycles. The number of primary amides is 1. The molecule has 0 aliphatic rings. The summed E-state index contributed by atoms with van der Waals surface area (Å²) >= 11 is 0. The molecule has 0 aromatic rings. The largest absolute Gasteiger partial charge is 0.400 e. The fraction of sp³-hybridized carbons (Fsp3) is 0.875. The Morgan fingerprint density at radius 3 is 1.92 bits per heavy atom. The van der Waals surface area contributed by atoms with Gasteiger partial charge in [-0.1, -0.05) is 26.2 Å². The van der Waals surface area contributed by atoms with Gasteiger partial charge < -0.3 is 15.9 Å². The second kappa shape index (κ2) is 31.5. The van der Waals surface area contributed by atoms with E-state index in [-0.39, 0.29) is 6.41 Å². The molecule has 0 fully saturated rings. The second-order valence-electron chi connectivity index (χ2n) is 1.92. The molecule has 0 rings (SSSR count). The SMILES string of the molecule is CCCCCCO.CO.NC=O. The van der Waals surface area contributed by atoms with E-state index in [4.69, 9.17) is 15.0 Å². The molecule has 76 valence electrons. The lowest BCUT2D eigenvalue weighted by atomic mass is 10.2. The summed E-state index contributed by atoms with van der Waals surface area (Å²) in [6.45, 7) is 2.53. The van der Waals surface area contributed by atoms with Gasteiger partial charge in [0, 0.05) is 13.7 Å². The van der Waals surface area contributed by atoms with Gasteiger partial charge in [-0.3, -0.25) is 4.79 Å². The Bertz CT molecular complexity index is 56.3. The Balaban J connectivity index is -0.000000137. The van der Waals surface area contributed by atoms with E-state index in [1.165, 1.54) is 19.3 Å². The zero-order chi connectivity index (χ0) is 10.2. The summed E-state index contributed by atoms with van der Waals surface area (Å²) in [7, 11) is 1.00. The standard InChI is InChI=1S/C6H14O.CH3NO.CH4O/c1-2-3-4-5-6-7;2-1-3;1-2/h7H,2-6H2,1H3;1H,(H2,2,3);2H,1H3. The van der Waals surface area contributed by atoms with Crippen LogP contribution in [0, 0.1) is 0 Å². The van der Waals surface area contributed by atoms with Crippen molar-refractivity contribution in [2.24, 2.45) is 5.73 Å². The average molecular weight is 179 g/mol. The second-order valence-corrected chi connectivity index (χ2v) is 1.92. The van der Waals surface area contributed by atoms with Crippen LogP contribution in [0.2, 0.25) is 0 Å². The number of nitrogens with two attached hydrogens (primary N) is 1. The minimum Gasteiger partial charge on any atom is -0.400 e. The van der Waals surface area contributed by atoms with E-state index in [1.807, 2.05) is 0 Å². The lowest BCUT2D eigenvalue weighted by Gasteiger charge is -1.90. The fourth-order valence-electron chi connectivity index (χ4n) is 0.539. The quantitative estimate of drug-likeness (QED) is 0.428. The number of carbonyl (C=O) groups excluding carboxylic acids is 1. The number of aliphatic hydroxyl groups excluding tert-OH is 2. The highest BCUT2D eigenvalue weighted by Crippen LogP contribution is 1.95. The summed E-state index contributed by atoms with van der Waals surface area (Å²) in [5.41, 5.74) is 4.17. The van der Waals surface area contributed by atoms with Crippen molar-refractivity contribution < 1.29 is 15.0 Å². The number of unbranched alkanes of at least 4 members (excludes halogenated alkanes) is 3. The minimum absolute atomic E-state index is 0.250. The lowest BCUT2D eigenvalue weighted by molar-refractivity contribution is -0.106. The van der Waals surface area contributed by atoms with Crippen molar-refractivity contribution in [2.75, 3.05) is 13.7 Å². The van der Waals surface area contributed by atoms with E-state index < -0.39 is 0 Å². The van der Waals surface area contributed by atoms with Crippen LogP contribution in [-0.4, -0.2) is 30.3 Å². The van der Waals surface area contributed by atoms with Crippen molar-refractivity contribution in [1.29, 1.82) is 0 Å². The van der Waals surface area contributed by atoms with Crippen molar-refractivity contribution in [1.82, 2.24) is 0 Å². The Labute approximate surface area is 74.4 Å². The third-order valence-corrected chi connectivity index (χ3v) is 1.01. The molecule has 0 heterocycles. The van der Waals surface area contributed by atoms with Crippen LogP contribution < -0.4 is 5.73 Å². The van der Waals surface area contributed by atoms with Crippen molar-refractivity contribution in [3.8, 4) is 0 Å². The molecule has 0 radical (unpaired) electrons. The van der Waals surface area contributed by atoms with Gasteiger partial charge in [-0.2, -0.15) is 0 Å². The summed E-state index contributed by atoms with van der Waals surface area (Å²) < 4.78 is 0. The van der Waals surface area contributed by atoms with Gasteiger partial charge in [0.1, 0.15) is 0 Å². The summed E-state index contributed by atoms with van der Waals surface area (Å²) in [4.78, 5) is 8.58. The molecular formula is C8H21NO3. The number of carbonyl (C=O) groups is 1. The van der Waals surface area contributed by atoms with Crippen LogP contribution in [0.5, 0.6) is 0 Å². The predicted molar refractivity (Wildman–Crippen MR) is 49.6 cm³/mol. The van der Waals surface area contributed by atoms with Crippen LogP contribution in [-0.2, 0) is 4.79 Å². The normalized spacial score (nSPS) is 7.00. The molecule has 0 atom stereocenters. The molecule has 0 saturated carbocycles. The van der Waals surface area contributed by atoms with E-state index in [9.17, 15) is 0 Å². The smallest absolute Gasteiger partial charge is 0.204 e. The van der Waals surface area contributed by atoms with Crippen LogP contribution in [0.3, 0.4) is 0 Å². The molecular weight excluding hydrogens is 158 g/mol. The minimum atomic E-state index is 0.250. The third kappa shape index (κ3) is 57.5. The molecule has 4 heteroatoms. The molecule has 0 spiro atoms. The van der Waals surface area contributed by atoms with Crippen LogP contribution in [0.1, 0.15) is 32.6 Å². The van der Waals surface area contributed by atoms with Gasteiger partial charge in [0.2, 0.25) is 6.41 Å². The number of rotatable bonds is 4. The summed E-state index contributed by atoms with van der Waals surface area (Å²) in [6, 6.07) is 0. The number of hydrogen-bond donors (Lipinski definition) is 3. The number of hydrogen-bond acceptors (Lipinski definition) is 3. The highest BCUT2D eigenvalue weighted by atomic mass is 16.3. The Kier molecular flexibility index (Phi) is 45.9. The molecule has 0 aliphatic carbocycles. The molecule has 4 N–H and O–H groups in total. The van der Waals surface area contributed by atoms with Crippen molar-refractivity contribution in [3.63, 3.8) is 0 Å². The van der Waals surface area contributed by atoms with Crippen molar-refractivity contribution >= 4 is 6.41 Å². The third-order valence-electron chi connectivity index (χ3n) is 1.01. The lowest BCUT2D eigenvalue weighted by Crippen LogP contribution is -1.82. The maximum atomic E-state index is 8.58. The number of amides is 1. The first kappa shape index (κ1) is 17.5. The van der Waals surface area contributed by atoms with E-state index in [0.29, 0.717) is 6.61 Å². The van der Waals surface area contributed by atoms with E-state index in [2.05, 4.69) is 12.7 Å². The van der Waals surface area contributed by atoms with Gasteiger partial charge in [0.15, 0.2) is 0 Å². The molecule has 0 bridgehead atoms. The molecule has 0 aromatic heterocycles. The van der Waals surface area contributed by atoms with Gasteiger partial charge in [0.25, 0.3) is 0 Å². The van der Waals surface area contributed by atoms with Gasteiger partial charge in [-0.15, -0.1) is 0 Å². The maximum absolute atomic E-state index is 8.58. The first-order valence-corrected chi connectivity index (χ1v) is 4.04. The summed E-state index contributed by atoms with van der Waals surface area (Å²) in [5, 5.41) is 15.3. The molecule has 0 aromatic carbocycles. The zero-order valence-electron chi connectivity index (χ0n) is 7.99. The molecule has 0 saturated heterocycles. The Morgan fingerprint density at radius 1 is 1.25 bits per heavy atom. The van der Waals surface area contributed by atoms with E-state index in [0.717, 1.165) is 13.5 Å². The highest BCUT2D eigenvalue weighted by molar-refractivity contribution is 5.42. The molecule has 1 amide bonds. The van der Waals surface area contributed by atoms with Crippen LogP contribution in [0.4, 0.5) is 0 Å². The van der Waals surface area contributed by atoms with Crippen LogP contribution >= 0.6 is 0 Å². The van der Waals surface area contributed by atoms with Gasteiger partial charge >= 0.3 is 0 Å². The van der Waals surface area contributed by atoms with Crippen LogP contribution in [0.15, 0.2) is 0 Å². The first-order chi connectivity index (χ1) is 5.83. The average Bonchev–Trinajstić information content (AvgIpc) is 2.11. The molecule has 4 nitrogen and oxygen atoms in total. The fourth-order valence-corrected chi connectivity index (χ4v) is 0.539. The van der Waals surface area contributed by atoms with Gasteiger partial charge in [-0.05, 0) is 6.42 Å².